The molecule has 0 aromatic carbocycles. The van der Waals surface area contributed by atoms with Gasteiger partial charge in [-0.25, -0.2) is 9.97 Å². The highest BCUT2D eigenvalue weighted by atomic mass is 79.9. The molecule has 2 unspecified atom stereocenters. The predicted octanol–water partition coefficient (Wildman–Crippen LogP) is 1.65. The van der Waals surface area contributed by atoms with Crippen LogP contribution in [0.2, 0.25) is 0 Å². The minimum atomic E-state index is -0.173. The first kappa shape index (κ1) is 15.5. The van der Waals surface area contributed by atoms with Gasteiger partial charge in [0, 0.05) is 19.6 Å². The summed E-state index contributed by atoms with van der Waals surface area (Å²) in [4.78, 5) is 10.7. The van der Waals surface area contributed by atoms with Crippen LogP contribution in [0.4, 0.5) is 11.6 Å². The second kappa shape index (κ2) is 7.19. The standard InChI is InChI=1S/C13H21BrN4O2/c1-3-4-15-12-11(14)13(17-8-16-12)18-5-9(2)20-10(6-18)7-19/h8-10,19H,3-7H2,1-2H3,(H,15,16,17). The van der Waals surface area contributed by atoms with E-state index in [1.165, 1.54) is 0 Å². The molecule has 2 atom stereocenters. The lowest BCUT2D eigenvalue weighted by Gasteiger charge is -2.37. The van der Waals surface area contributed by atoms with Crippen molar-refractivity contribution in [2.24, 2.45) is 0 Å². The zero-order chi connectivity index (χ0) is 14.5. The Bertz CT molecular complexity index is 446. The van der Waals surface area contributed by atoms with Crippen molar-refractivity contribution in [3.8, 4) is 0 Å². The van der Waals surface area contributed by atoms with Crippen LogP contribution in [-0.4, -0.2) is 53.5 Å². The molecule has 0 amide bonds. The second-order valence-corrected chi connectivity index (χ2v) is 5.74. The van der Waals surface area contributed by atoms with Crippen molar-refractivity contribution in [1.29, 1.82) is 0 Å². The molecular formula is C13H21BrN4O2. The molecule has 2 N–H and O–H groups in total. The molecule has 0 aliphatic carbocycles. The smallest absolute Gasteiger partial charge is 0.148 e. The molecule has 112 valence electrons. The van der Waals surface area contributed by atoms with Gasteiger partial charge in [-0.05, 0) is 29.3 Å². The molecule has 1 saturated heterocycles. The third kappa shape index (κ3) is 3.59. The van der Waals surface area contributed by atoms with E-state index in [2.05, 4.69) is 43.0 Å². The minimum Gasteiger partial charge on any atom is -0.394 e. The molecule has 0 saturated carbocycles. The maximum absolute atomic E-state index is 9.31. The number of morpholine rings is 1. The van der Waals surface area contributed by atoms with Crippen molar-refractivity contribution in [3.63, 3.8) is 0 Å². The van der Waals surface area contributed by atoms with E-state index in [0.29, 0.717) is 6.54 Å². The van der Waals surface area contributed by atoms with Gasteiger partial charge in [-0.1, -0.05) is 6.92 Å². The van der Waals surface area contributed by atoms with Crippen molar-refractivity contribution in [2.45, 2.75) is 32.5 Å². The molecular weight excluding hydrogens is 324 g/mol. The van der Waals surface area contributed by atoms with E-state index >= 15 is 0 Å². The number of hydrogen-bond acceptors (Lipinski definition) is 6. The molecule has 7 heteroatoms. The average Bonchev–Trinajstić information content (AvgIpc) is 2.45. The summed E-state index contributed by atoms with van der Waals surface area (Å²) < 4.78 is 6.52. The Balaban J connectivity index is 2.18. The number of hydrogen-bond donors (Lipinski definition) is 2. The Morgan fingerprint density at radius 1 is 1.50 bits per heavy atom. The first-order chi connectivity index (χ1) is 9.65. The Morgan fingerprint density at radius 2 is 2.30 bits per heavy atom. The number of halogens is 1. The number of rotatable bonds is 5. The number of anilines is 2. The van der Waals surface area contributed by atoms with Gasteiger partial charge in [0.2, 0.25) is 0 Å². The fraction of sp³-hybridized carbons (Fsp3) is 0.692. The van der Waals surface area contributed by atoms with Gasteiger partial charge in [0.05, 0.1) is 18.8 Å². The largest absolute Gasteiger partial charge is 0.394 e. The number of aliphatic hydroxyl groups excluding tert-OH is 1. The van der Waals surface area contributed by atoms with Crippen LogP contribution in [0, 0.1) is 0 Å². The van der Waals surface area contributed by atoms with Crippen LogP contribution in [-0.2, 0) is 4.74 Å². The van der Waals surface area contributed by atoms with Crippen LogP contribution in [0.5, 0.6) is 0 Å². The fourth-order valence-corrected chi connectivity index (χ4v) is 2.86. The fourth-order valence-electron chi connectivity index (χ4n) is 2.27. The van der Waals surface area contributed by atoms with Crippen LogP contribution in [0.15, 0.2) is 10.8 Å². The van der Waals surface area contributed by atoms with Crippen molar-refractivity contribution in [1.82, 2.24) is 9.97 Å². The van der Waals surface area contributed by atoms with E-state index in [1.54, 1.807) is 6.33 Å². The van der Waals surface area contributed by atoms with Gasteiger partial charge in [-0.2, -0.15) is 0 Å². The number of ether oxygens (including phenoxy) is 1. The summed E-state index contributed by atoms with van der Waals surface area (Å²) in [6.07, 6.45) is 2.49. The lowest BCUT2D eigenvalue weighted by Crippen LogP contribution is -2.48. The summed E-state index contributed by atoms with van der Waals surface area (Å²) in [5.74, 6) is 1.64. The average molecular weight is 345 g/mol. The van der Waals surface area contributed by atoms with Gasteiger partial charge in [0.25, 0.3) is 0 Å². The Kier molecular flexibility index (Phi) is 5.56. The lowest BCUT2D eigenvalue weighted by molar-refractivity contribution is -0.0423. The first-order valence-electron chi connectivity index (χ1n) is 6.91. The Labute approximate surface area is 127 Å². The van der Waals surface area contributed by atoms with Gasteiger partial charge in [-0.15, -0.1) is 0 Å². The topological polar surface area (TPSA) is 70.5 Å². The third-order valence-electron chi connectivity index (χ3n) is 3.14. The Morgan fingerprint density at radius 3 is 3.00 bits per heavy atom. The highest BCUT2D eigenvalue weighted by molar-refractivity contribution is 9.10. The van der Waals surface area contributed by atoms with Crippen molar-refractivity contribution < 1.29 is 9.84 Å². The van der Waals surface area contributed by atoms with Crippen LogP contribution in [0.25, 0.3) is 0 Å². The number of nitrogens with zero attached hydrogens (tertiary/aromatic N) is 3. The van der Waals surface area contributed by atoms with Gasteiger partial charge in [0.1, 0.15) is 22.4 Å². The molecule has 1 aliphatic rings. The molecule has 1 aliphatic heterocycles. The number of aromatic nitrogens is 2. The van der Waals surface area contributed by atoms with Crippen molar-refractivity contribution in [2.75, 3.05) is 36.5 Å². The summed E-state index contributed by atoms with van der Waals surface area (Å²) in [7, 11) is 0. The molecule has 20 heavy (non-hydrogen) atoms. The van der Waals surface area contributed by atoms with Gasteiger partial charge >= 0.3 is 0 Å². The van der Waals surface area contributed by atoms with Crippen LogP contribution in [0.3, 0.4) is 0 Å². The molecule has 1 fully saturated rings. The molecule has 2 heterocycles. The molecule has 1 aromatic rings. The van der Waals surface area contributed by atoms with E-state index in [1.807, 2.05) is 6.92 Å². The SMILES string of the molecule is CCCNc1ncnc(N2CC(C)OC(CO)C2)c1Br. The first-order valence-corrected chi connectivity index (χ1v) is 7.70. The summed E-state index contributed by atoms with van der Waals surface area (Å²) in [6, 6.07) is 0. The van der Waals surface area contributed by atoms with Crippen LogP contribution in [0.1, 0.15) is 20.3 Å². The Hall–Kier alpha value is -0.920. The van der Waals surface area contributed by atoms with Crippen LogP contribution < -0.4 is 10.2 Å². The lowest BCUT2D eigenvalue weighted by atomic mass is 10.2. The maximum Gasteiger partial charge on any atom is 0.148 e. The molecule has 0 bridgehead atoms. The maximum atomic E-state index is 9.31. The summed E-state index contributed by atoms with van der Waals surface area (Å²) in [5, 5.41) is 12.6. The highest BCUT2D eigenvalue weighted by Gasteiger charge is 2.27. The quantitative estimate of drug-likeness (QED) is 0.846. The predicted molar refractivity (Wildman–Crippen MR) is 82.1 cm³/mol. The summed E-state index contributed by atoms with van der Waals surface area (Å²) in [6.45, 7) is 6.37. The van der Waals surface area contributed by atoms with E-state index in [0.717, 1.165) is 35.6 Å². The van der Waals surface area contributed by atoms with Gasteiger partial charge in [-0.3, -0.25) is 0 Å². The summed E-state index contributed by atoms with van der Waals surface area (Å²) in [5.41, 5.74) is 0. The zero-order valence-corrected chi connectivity index (χ0v) is 13.4. The molecule has 0 spiro atoms. The minimum absolute atomic E-state index is 0.0183. The van der Waals surface area contributed by atoms with Gasteiger partial charge < -0.3 is 20.1 Å². The number of aliphatic hydroxyl groups is 1. The molecule has 1 aromatic heterocycles. The molecule has 0 radical (unpaired) electrons. The van der Waals surface area contributed by atoms with E-state index < -0.39 is 0 Å². The molecule has 2 rings (SSSR count). The van der Waals surface area contributed by atoms with E-state index in [-0.39, 0.29) is 18.8 Å². The molecule has 6 nitrogen and oxygen atoms in total. The van der Waals surface area contributed by atoms with Gasteiger partial charge in [0.15, 0.2) is 0 Å². The monoisotopic (exact) mass is 344 g/mol. The second-order valence-electron chi connectivity index (χ2n) is 4.94. The highest BCUT2D eigenvalue weighted by Crippen LogP contribution is 2.31. The summed E-state index contributed by atoms with van der Waals surface area (Å²) >= 11 is 3.58. The van der Waals surface area contributed by atoms with Crippen molar-refractivity contribution >= 4 is 27.6 Å². The van der Waals surface area contributed by atoms with Crippen molar-refractivity contribution in [3.05, 3.63) is 10.8 Å². The normalized spacial score (nSPS) is 22.9. The number of nitrogens with one attached hydrogen (secondary N) is 1. The van der Waals surface area contributed by atoms with E-state index in [4.69, 9.17) is 4.74 Å². The zero-order valence-electron chi connectivity index (χ0n) is 11.8. The van der Waals surface area contributed by atoms with Crippen LogP contribution >= 0.6 is 15.9 Å². The third-order valence-corrected chi connectivity index (χ3v) is 3.87. The van der Waals surface area contributed by atoms with E-state index in [9.17, 15) is 5.11 Å².